The number of benzene rings is 2. The number of amides is 2. The highest BCUT2D eigenvalue weighted by atomic mass is 32.2. The first-order chi connectivity index (χ1) is 13.6. The van der Waals surface area contributed by atoms with Crippen molar-refractivity contribution in [2.45, 2.75) is 6.92 Å². The van der Waals surface area contributed by atoms with E-state index in [1.165, 1.54) is 23.1 Å². The molecule has 0 unspecified atom stereocenters. The number of carbonyl (C=O) groups is 3. The van der Waals surface area contributed by atoms with Crippen LogP contribution in [0.15, 0.2) is 42.5 Å². The van der Waals surface area contributed by atoms with Gasteiger partial charge in [0.05, 0.1) is 5.69 Å². The second-order valence-electron chi connectivity index (χ2n) is 6.80. The third-order valence-electron chi connectivity index (χ3n) is 4.37. The molecule has 2 amide bonds. The van der Waals surface area contributed by atoms with Gasteiger partial charge in [0.15, 0.2) is 22.2 Å². The molecule has 152 valence electrons. The maximum absolute atomic E-state index is 12.5. The quantitative estimate of drug-likeness (QED) is 0.716. The van der Waals surface area contributed by atoms with Gasteiger partial charge in [-0.1, -0.05) is 12.1 Å². The molecule has 0 bridgehead atoms. The van der Waals surface area contributed by atoms with Crippen molar-refractivity contribution in [2.24, 2.45) is 0 Å². The SMILES string of the molecule is Cc1cccc(NC(=O)CS(=O)(=O)CC(=O)c2ccc3c(c2)N(C)C(=O)CO3)c1. The van der Waals surface area contributed by atoms with Crippen LogP contribution in [-0.2, 0) is 19.4 Å². The van der Waals surface area contributed by atoms with Crippen molar-refractivity contribution >= 4 is 38.8 Å². The number of hydrogen-bond acceptors (Lipinski definition) is 6. The van der Waals surface area contributed by atoms with Crippen LogP contribution in [0.3, 0.4) is 0 Å². The molecule has 1 heterocycles. The molecule has 2 aromatic rings. The molecule has 9 heteroatoms. The Hall–Kier alpha value is -3.20. The Balaban J connectivity index is 1.68. The number of rotatable bonds is 6. The summed E-state index contributed by atoms with van der Waals surface area (Å²) in [5.74, 6) is -2.84. The highest BCUT2D eigenvalue weighted by Crippen LogP contribution is 2.32. The molecule has 0 aliphatic carbocycles. The van der Waals surface area contributed by atoms with Gasteiger partial charge in [0.1, 0.15) is 17.3 Å². The summed E-state index contributed by atoms with van der Waals surface area (Å²) in [5.41, 5.74) is 1.91. The number of hydrogen-bond donors (Lipinski definition) is 1. The first-order valence-corrected chi connectivity index (χ1v) is 10.6. The smallest absolute Gasteiger partial charge is 0.264 e. The molecule has 0 saturated carbocycles. The van der Waals surface area contributed by atoms with Crippen molar-refractivity contribution in [3.05, 3.63) is 53.6 Å². The molecule has 1 aliphatic heterocycles. The summed E-state index contributed by atoms with van der Waals surface area (Å²) < 4.78 is 29.9. The van der Waals surface area contributed by atoms with E-state index in [0.29, 0.717) is 17.1 Å². The van der Waals surface area contributed by atoms with Crippen molar-refractivity contribution in [1.82, 2.24) is 0 Å². The number of anilines is 2. The topological polar surface area (TPSA) is 110 Å². The predicted octanol–water partition coefficient (Wildman–Crippen LogP) is 1.59. The van der Waals surface area contributed by atoms with E-state index in [9.17, 15) is 22.8 Å². The standard InChI is InChI=1S/C20H20N2O6S/c1-13-4-3-5-15(8-13)21-19(24)12-29(26,27)11-17(23)14-6-7-18-16(9-14)22(2)20(25)10-28-18/h3-9H,10-12H2,1-2H3,(H,21,24). The van der Waals surface area contributed by atoms with Crippen molar-refractivity contribution < 1.29 is 27.5 Å². The summed E-state index contributed by atoms with van der Waals surface area (Å²) in [6.45, 7) is 1.75. The summed E-state index contributed by atoms with van der Waals surface area (Å²) in [5, 5.41) is 2.51. The van der Waals surface area contributed by atoms with Gasteiger partial charge < -0.3 is 15.0 Å². The fourth-order valence-electron chi connectivity index (χ4n) is 2.90. The maximum atomic E-state index is 12.5. The number of nitrogens with one attached hydrogen (secondary N) is 1. The molecule has 1 aliphatic rings. The van der Waals surface area contributed by atoms with Crippen LogP contribution in [0, 0.1) is 6.92 Å². The molecule has 0 saturated heterocycles. The number of fused-ring (bicyclic) bond motifs is 1. The van der Waals surface area contributed by atoms with Gasteiger partial charge in [-0.3, -0.25) is 14.4 Å². The van der Waals surface area contributed by atoms with Gasteiger partial charge in [-0.25, -0.2) is 8.42 Å². The lowest BCUT2D eigenvalue weighted by Crippen LogP contribution is -2.35. The normalized spacial score (nSPS) is 13.4. The van der Waals surface area contributed by atoms with Gasteiger partial charge >= 0.3 is 0 Å². The van der Waals surface area contributed by atoms with E-state index in [4.69, 9.17) is 4.74 Å². The van der Waals surface area contributed by atoms with Gasteiger partial charge in [0.25, 0.3) is 5.91 Å². The molecule has 1 N–H and O–H groups in total. The first-order valence-electron chi connectivity index (χ1n) is 8.78. The minimum absolute atomic E-state index is 0.0960. The molecule has 0 spiro atoms. The summed E-state index contributed by atoms with van der Waals surface area (Å²) in [4.78, 5) is 37.6. The average Bonchev–Trinajstić information content (AvgIpc) is 2.63. The zero-order valence-corrected chi connectivity index (χ0v) is 16.8. The number of Topliss-reactive ketones (excluding diaryl/α,β-unsaturated/α-hetero) is 1. The fourth-order valence-corrected chi connectivity index (χ4v) is 4.04. The molecule has 0 atom stereocenters. The molecule has 8 nitrogen and oxygen atoms in total. The predicted molar refractivity (Wildman–Crippen MR) is 108 cm³/mol. The van der Waals surface area contributed by atoms with Crippen LogP contribution in [0.25, 0.3) is 0 Å². The summed E-state index contributed by atoms with van der Waals surface area (Å²) >= 11 is 0. The van der Waals surface area contributed by atoms with E-state index in [-0.39, 0.29) is 18.1 Å². The number of likely N-dealkylation sites (N-methyl/N-ethyl adjacent to an activating group) is 1. The van der Waals surface area contributed by atoms with Crippen LogP contribution in [0.4, 0.5) is 11.4 Å². The third kappa shape index (κ3) is 5.00. The van der Waals surface area contributed by atoms with Gasteiger partial charge in [0, 0.05) is 18.3 Å². The van der Waals surface area contributed by atoms with Crippen molar-refractivity contribution in [3.8, 4) is 5.75 Å². The molecule has 29 heavy (non-hydrogen) atoms. The van der Waals surface area contributed by atoms with Gasteiger partial charge in [0.2, 0.25) is 5.91 Å². The zero-order chi connectivity index (χ0) is 21.2. The summed E-state index contributed by atoms with van der Waals surface area (Å²) in [6.07, 6.45) is 0. The Morgan fingerprint density at radius 3 is 2.62 bits per heavy atom. The van der Waals surface area contributed by atoms with Gasteiger partial charge in [-0.2, -0.15) is 0 Å². The lowest BCUT2D eigenvalue weighted by molar-refractivity contribution is -0.121. The summed E-state index contributed by atoms with van der Waals surface area (Å²) in [6, 6.07) is 11.3. The summed E-state index contributed by atoms with van der Waals surface area (Å²) in [7, 11) is -2.43. The zero-order valence-electron chi connectivity index (χ0n) is 16.0. The Bertz CT molecular complexity index is 1090. The Labute approximate surface area is 168 Å². The van der Waals surface area contributed by atoms with Crippen LogP contribution in [0.2, 0.25) is 0 Å². The highest BCUT2D eigenvalue weighted by Gasteiger charge is 2.26. The molecule has 0 radical (unpaired) electrons. The lowest BCUT2D eigenvalue weighted by atomic mass is 10.1. The molecular formula is C20H20N2O6S. The molecular weight excluding hydrogens is 396 g/mol. The number of aryl methyl sites for hydroxylation is 1. The van der Waals surface area contributed by atoms with Crippen molar-refractivity contribution in [3.63, 3.8) is 0 Å². The van der Waals surface area contributed by atoms with Gasteiger partial charge in [-0.15, -0.1) is 0 Å². The fraction of sp³-hybridized carbons (Fsp3) is 0.250. The van der Waals surface area contributed by atoms with Crippen LogP contribution in [0.5, 0.6) is 5.75 Å². The largest absolute Gasteiger partial charge is 0.482 e. The van der Waals surface area contributed by atoms with Crippen LogP contribution >= 0.6 is 0 Å². The Kier molecular flexibility index (Phi) is 5.69. The second kappa shape index (κ2) is 8.04. The molecule has 0 aromatic heterocycles. The van der Waals surface area contributed by atoms with Crippen molar-refractivity contribution in [1.29, 1.82) is 0 Å². The van der Waals surface area contributed by atoms with Crippen molar-refractivity contribution in [2.75, 3.05) is 35.4 Å². The van der Waals surface area contributed by atoms with E-state index in [0.717, 1.165) is 5.56 Å². The monoisotopic (exact) mass is 416 g/mol. The minimum Gasteiger partial charge on any atom is -0.482 e. The average molecular weight is 416 g/mol. The number of nitrogens with zero attached hydrogens (tertiary/aromatic N) is 1. The number of sulfone groups is 1. The van der Waals surface area contributed by atoms with E-state index in [1.807, 2.05) is 13.0 Å². The van der Waals surface area contributed by atoms with Crippen LogP contribution in [-0.4, -0.2) is 51.2 Å². The maximum Gasteiger partial charge on any atom is 0.264 e. The van der Waals surface area contributed by atoms with E-state index in [1.54, 1.807) is 25.2 Å². The van der Waals surface area contributed by atoms with E-state index >= 15 is 0 Å². The molecule has 3 rings (SSSR count). The highest BCUT2D eigenvalue weighted by molar-refractivity contribution is 7.92. The second-order valence-corrected chi connectivity index (χ2v) is 8.86. The Morgan fingerprint density at radius 1 is 1.14 bits per heavy atom. The van der Waals surface area contributed by atoms with E-state index in [2.05, 4.69) is 5.32 Å². The van der Waals surface area contributed by atoms with Crippen LogP contribution < -0.4 is 15.0 Å². The first kappa shape index (κ1) is 20.5. The third-order valence-corrected chi connectivity index (χ3v) is 5.78. The number of ketones is 1. The minimum atomic E-state index is -3.98. The molecule has 0 fully saturated rings. The Morgan fingerprint density at radius 2 is 1.90 bits per heavy atom. The number of carbonyl (C=O) groups excluding carboxylic acids is 3. The lowest BCUT2D eigenvalue weighted by Gasteiger charge is -2.26. The van der Waals surface area contributed by atoms with Crippen LogP contribution in [0.1, 0.15) is 15.9 Å². The van der Waals surface area contributed by atoms with E-state index < -0.39 is 33.0 Å². The number of ether oxygens (including phenoxy) is 1. The van der Waals surface area contributed by atoms with Gasteiger partial charge in [-0.05, 0) is 42.8 Å². The molecule has 2 aromatic carbocycles.